The van der Waals surface area contributed by atoms with Gasteiger partial charge in [-0.15, -0.1) is 0 Å². The van der Waals surface area contributed by atoms with Crippen molar-refractivity contribution in [3.8, 4) is 11.5 Å². The number of aromatic nitrogens is 1. The number of carbonyl (C=O) groups is 4. The quantitative estimate of drug-likeness (QED) is 0.286. The summed E-state index contributed by atoms with van der Waals surface area (Å²) in [6, 6.07) is 0.275. The molecule has 0 bridgehead atoms. The molecular weight excluding hydrogens is 831 g/mol. The number of ether oxygens (including phenoxy) is 3. The second-order valence-electron chi connectivity index (χ2n) is 18.3. The number of benzene rings is 1. The van der Waals surface area contributed by atoms with E-state index in [1.165, 1.54) is 31.1 Å². The molecule has 7 rings (SSSR count). The minimum atomic E-state index is -5.00. The Morgan fingerprint density at radius 1 is 1.10 bits per heavy atom. The molecule has 1 saturated heterocycles. The van der Waals surface area contributed by atoms with Gasteiger partial charge >= 0.3 is 12.3 Å². The lowest BCUT2D eigenvalue weighted by Gasteiger charge is -2.37. The molecule has 5 atom stereocenters. The Balaban J connectivity index is 1.27. The summed E-state index contributed by atoms with van der Waals surface area (Å²) in [5.41, 5.74) is -4.89. The van der Waals surface area contributed by atoms with E-state index in [1.54, 1.807) is 6.08 Å². The molecule has 1 aromatic heterocycles. The van der Waals surface area contributed by atoms with Gasteiger partial charge in [0.1, 0.15) is 29.0 Å². The van der Waals surface area contributed by atoms with E-state index in [1.807, 2.05) is 26.8 Å². The maximum atomic E-state index is 14.8. The van der Waals surface area contributed by atoms with E-state index in [-0.39, 0.29) is 77.9 Å². The zero-order valence-electron chi connectivity index (χ0n) is 34.2. The molecule has 2 aliphatic carbocycles. The predicted octanol–water partition coefficient (Wildman–Crippen LogP) is 6.11. The summed E-state index contributed by atoms with van der Waals surface area (Å²) in [7, 11) is -2.71. The van der Waals surface area contributed by atoms with Gasteiger partial charge in [0.15, 0.2) is 11.4 Å². The molecule has 3 fully saturated rings. The van der Waals surface area contributed by atoms with Gasteiger partial charge in [0.05, 0.1) is 35.5 Å². The fraction of sp³-hybridized carbons (Fsp3) is 0.634. The molecule has 19 heteroatoms. The van der Waals surface area contributed by atoms with E-state index >= 15 is 0 Å². The van der Waals surface area contributed by atoms with Gasteiger partial charge in [0.2, 0.25) is 21.8 Å². The van der Waals surface area contributed by atoms with Gasteiger partial charge < -0.3 is 29.7 Å². The first-order chi connectivity index (χ1) is 28.0. The third-order valence-electron chi connectivity index (χ3n) is 12.3. The van der Waals surface area contributed by atoms with Gasteiger partial charge in [-0.1, -0.05) is 57.4 Å². The largest absolute Gasteiger partial charge is 0.497 e. The molecule has 3 N–H and O–H groups in total. The maximum Gasteiger partial charge on any atom is 0.437 e. The van der Waals surface area contributed by atoms with Gasteiger partial charge in [0, 0.05) is 29.4 Å². The van der Waals surface area contributed by atoms with Crippen LogP contribution in [0.3, 0.4) is 0 Å². The van der Waals surface area contributed by atoms with Crippen LogP contribution in [0, 0.1) is 11.3 Å². The monoisotopic (exact) mass is 881 g/mol. The Labute approximate surface area is 351 Å². The Kier molecular flexibility index (Phi) is 11.3. The number of carbonyl (C=O) groups excluding carboxylic acids is 4. The molecule has 2 aromatic rings. The van der Waals surface area contributed by atoms with Crippen molar-refractivity contribution in [3.05, 3.63) is 40.6 Å². The van der Waals surface area contributed by atoms with E-state index in [0.29, 0.717) is 38.5 Å². The zero-order chi connectivity index (χ0) is 43.6. The summed E-state index contributed by atoms with van der Waals surface area (Å²) in [6.07, 6.45) is 0.981. The maximum absolute atomic E-state index is 14.8. The standard InChI is InChI=1S/C41H51ClF3N5O9S/c1-37(2,3)22-58-36(54)46-28-12-10-8-6-7-9-11-23-19-40(23,35(53)49-60(55,56)38(4)15-16-38)48-33(51)29-20-39(21-50(29)34(28)52)14-13-25-26-17-24(57-5)18-27(42)30(26)47-32(31(25)59-39)41(43,44)45/h9,11,17-18,23,28-29H,6-8,10,12-16,19-22H2,1-5H3,(H,46,54)(H,48,51)(H,49,53)/b11-9-/t23-,28+,29+,39-,40-/m1/s1. The van der Waals surface area contributed by atoms with Crippen molar-refractivity contribution in [3.63, 3.8) is 0 Å². The third kappa shape index (κ3) is 8.59. The second kappa shape index (κ2) is 15.5. The number of pyridine rings is 1. The highest BCUT2D eigenvalue weighted by Gasteiger charge is 2.64. The van der Waals surface area contributed by atoms with Crippen LogP contribution in [-0.4, -0.2) is 90.3 Å². The van der Waals surface area contributed by atoms with Crippen molar-refractivity contribution < 1.29 is 55.0 Å². The molecule has 1 spiro atoms. The van der Waals surface area contributed by atoms with Crippen molar-refractivity contribution in [1.82, 2.24) is 25.2 Å². The van der Waals surface area contributed by atoms with E-state index in [2.05, 4.69) is 20.3 Å². The number of alkyl carbamates (subject to hydrolysis) is 1. The average molecular weight is 882 g/mol. The summed E-state index contributed by atoms with van der Waals surface area (Å²) >= 11 is 6.41. The number of alkyl halides is 3. The molecule has 4 heterocycles. The number of fused-ring (bicyclic) bond motifs is 5. The number of methoxy groups -OCH3 is 1. The molecule has 1 aromatic carbocycles. The molecule has 60 heavy (non-hydrogen) atoms. The summed E-state index contributed by atoms with van der Waals surface area (Å²) in [6.45, 7) is 6.81. The summed E-state index contributed by atoms with van der Waals surface area (Å²) < 4.78 is 89.2. The lowest BCUT2D eigenvalue weighted by Crippen LogP contribution is -2.58. The zero-order valence-corrected chi connectivity index (χ0v) is 35.8. The first kappa shape index (κ1) is 43.8. The molecule has 0 unspecified atom stereocenters. The van der Waals surface area contributed by atoms with Crippen LogP contribution in [0.5, 0.6) is 11.5 Å². The van der Waals surface area contributed by atoms with Crippen molar-refractivity contribution >= 4 is 56.3 Å². The molecule has 0 radical (unpaired) electrons. The van der Waals surface area contributed by atoms with Gasteiger partial charge in [-0.25, -0.2) is 18.2 Å². The van der Waals surface area contributed by atoms with Crippen molar-refractivity contribution in [2.24, 2.45) is 11.3 Å². The van der Waals surface area contributed by atoms with Crippen LogP contribution in [0.1, 0.15) is 103 Å². The molecule has 328 valence electrons. The normalized spacial score (nSPS) is 28.5. The van der Waals surface area contributed by atoms with Crippen molar-refractivity contribution in [1.29, 1.82) is 0 Å². The minimum Gasteiger partial charge on any atom is -0.497 e. The number of hydrogen-bond donors (Lipinski definition) is 3. The van der Waals surface area contributed by atoms with E-state index < -0.39 is 85.3 Å². The topological polar surface area (TPSA) is 182 Å². The molecule has 5 aliphatic rings. The van der Waals surface area contributed by atoms with Crippen LogP contribution >= 0.6 is 11.6 Å². The number of rotatable bonds is 6. The van der Waals surface area contributed by atoms with Gasteiger partial charge in [-0.2, -0.15) is 13.2 Å². The predicted molar refractivity (Wildman–Crippen MR) is 214 cm³/mol. The highest BCUT2D eigenvalue weighted by atomic mass is 35.5. The molecular formula is C41H51ClF3N5O9S. The second-order valence-corrected chi connectivity index (χ2v) is 20.9. The number of hydrogen-bond acceptors (Lipinski definition) is 10. The molecule has 14 nitrogen and oxygen atoms in total. The van der Waals surface area contributed by atoms with Gasteiger partial charge in [0.25, 0.3) is 5.91 Å². The fourth-order valence-corrected chi connectivity index (χ4v) is 9.90. The van der Waals surface area contributed by atoms with E-state index in [0.717, 1.165) is 0 Å². The Bertz CT molecular complexity index is 2250. The highest BCUT2D eigenvalue weighted by molar-refractivity contribution is 7.91. The number of nitrogens with zero attached hydrogens (tertiary/aromatic N) is 2. The smallest absolute Gasteiger partial charge is 0.437 e. The lowest BCUT2D eigenvalue weighted by molar-refractivity contribution is -0.144. The Morgan fingerprint density at radius 3 is 2.50 bits per heavy atom. The van der Waals surface area contributed by atoms with Crippen LogP contribution in [0.15, 0.2) is 24.3 Å². The first-order valence-corrected chi connectivity index (χ1v) is 22.1. The number of amides is 4. The number of nitrogens with one attached hydrogen (secondary N) is 3. The third-order valence-corrected chi connectivity index (χ3v) is 14.7. The molecule has 2 saturated carbocycles. The fourth-order valence-electron chi connectivity index (χ4n) is 8.34. The molecule has 3 aliphatic heterocycles. The number of aryl methyl sites for hydroxylation is 1. The minimum absolute atomic E-state index is 0.00788. The van der Waals surface area contributed by atoms with Crippen molar-refractivity contribution in [2.75, 3.05) is 20.3 Å². The van der Waals surface area contributed by atoms with Gasteiger partial charge in [-0.05, 0) is 69.8 Å². The SMILES string of the molecule is COc1cc(Cl)c2nc(C(F)(F)F)c3c(c2c1)CC[C@]1(C[C@H]2C(=O)N[C@]4(C(=O)NS(=O)(=O)C5(C)CC5)C[C@H]4/C=C\CCCCC[C@H](NC(=O)OCC(C)(C)C)C(=O)N2C1)O3. The summed E-state index contributed by atoms with van der Waals surface area (Å²) in [4.78, 5) is 61.7. The number of halogens is 4. The molecule has 4 amide bonds. The van der Waals surface area contributed by atoms with E-state index in [4.69, 9.17) is 25.8 Å². The Hall–Kier alpha value is -4.32. The van der Waals surface area contributed by atoms with Crippen LogP contribution in [0.4, 0.5) is 18.0 Å². The first-order valence-electron chi connectivity index (χ1n) is 20.3. The lowest BCUT2D eigenvalue weighted by atomic mass is 9.87. The summed E-state index contributed by atoms with van der Waals surface area (Å²) in [5, 5.41) is 5.68. The van der Waals surface area contributed by atoms with Crippen molar-refractivity contribution in [2.45, 2.75) is 132 Å². The number of sulfonamides is 1. The van der Waals surface area contributed by atoms with Crippen LogP contribution < -0.4 is 24.8 Å². The van der Waals surface area contributed by atoms with Crippen LogP contribution in [-0.2, 0) is 41.7 Å². The Morgan fingerprint density at radius 2 is 1.83 bits per heavy atom. The summed E-state index contributed by atoms with van der Waals surface area (Å²) in [5.74, 6) is -3.29. The van der Waals surface area contributed by atoms with Crippen LogP contribution in [0.2, 0.25) is 5.02 Å². The highest BCUT2D eigenvalue weighted by Crippen LogP contribution is 2.51. The van der Waals surface area contributed by atoms with E-state index in [9.17, 15) is 40.8 Å². The number of allylic oxidation sites excluding steroid dienone is 1. The van der Waals surface area contributed by atoms with Gasteiger partial charge in [-0.3, -0.25) is 19.1 Å². The average Bonchev–Trinajstić information content (AvgIpc) is 4.06. The van der Waals surface area contributed by atoms with Crippen LogP contribution in [0.25, 0.3) is 10.9 Å².